The molecule has 6 heteroatoms. The van der Waals surface area contributed by atoms with Gasteiger partial charge in [-0.25, -0.2) is 0 Å². The molecule has 1 fully saturated rings. The summed E-state index contributed by atoms with van der Waals surface area (Å²) in [6.07, 6.45) is 1.95. The highest BCUT2D eigenvalue weighted by atomic mass is 79.9. The van der Waals surface area contributed by atoms with Crippen LogP contribution in [-0.2, 0) is 11.3 Å². The molecule has 1 aromatic heterocycles. The second-order valence-electron chi connectivity index (χ2n) is 5.07. The normalized spacial score (nSPS) is 17.6. The fourth-order valence-corrected chi connectivity index (χ4v) is 2.52. The minimum Gasteiger partial charge on any atom is -0.452 e. The SMILES string of the molecule is CN(Cc1ccc(Br)o1)C(=O)CN1CCC(N)CC1. The summed E-state index contributed by atoms with van der Waals surface area (Å²) in [5.41, 5.74) is 5.85. The Morgan fingerprint density at radius 1 is 1.53 bits per heavy atom. The summed E-state index contributed by atoms with van der Waals surface area (Å²) in [5, 5.41) is 0. The van der Waals surface area contributed by atoms with Crippen LogP contribution in [0.3, 0.4) is 0 Å². The molecule has 0 bridgehead atoms. The number of likely N-dealkylation sites (N-methyl/N-ethyl adjacent to an activating group) is 1. The van der Waals surface area contributed by atoms with Gasteiger partial charge in [0.05, 0.1) is 13.1 Å². The molecule has 1 aliphatic heterocycles. The second kappa shape index (κ2) is 6.54. The molecule has 1 saturated heterocycles. The fraction of sp³-hybridized carbons (Fsp3) is 0.615. The van der Waals surface area contributed by atoms with Crippen LogP contribution in [0.1, 0.15) is 18.6 Å². The molecule has 19 heavy (non-hydrogen) atoms. The fourth-order valence-electron chi connectivity index (χ4n) is 2.18. The largest absolute Gasteiger partial charge is 0.452 e. The second-order valence-corrected chi connectivity index (χ2v) is 5.85. The molecule has 2 N–H and O–H groups in total. The Labute approximate surface area is 121 Å². The zero-order valence-corrected chi connectivity index (χ0v) is 12.7. The van der Waals surface area contributed by atoms with E-state index < -0.39 is 0 Å². The number of hydrogen-bond donors (Lipinski definition) is 1. The maximum Gasteiger partial charge on any atom is 0.236 e. The molecule has 1 aromatic rings. The van der Waals surface area contributed by atoms with Crippen LogP contribution in [0, 0.1) is 0 Å². The van der Waals surface area contributed by atoms with Crippen molar-refractivity contribution in [2.45, 2.75) is 25.4 Å². The lowest BCUT2D eigenvalue weighted by atomic mass is 10.1. The summed E-state index contributed by atoms with van der Waals surface area (Å²) in [6.45, 7) is 2.78. The van der Waals surface area contributed by atoms with Gasteiger partial charge in [0.2, 0.25) is 5.91 Å². The van der Waals surface area contributed by atoms with E-state index in [1.54, 1.807) is 11.9 Å². The third kappa shape index (κ3) is 4.33. The van der Waals surface area contributed by atoms with Gasteiger partial charge in [-0.05, 0) is 40.9 Å². The van der Waals surface area contributed by atoms with E-state index in [0.717, 1.165) is 31.7 Å². The number of carbonyl (C=O) groups excluding carboxylic acids is 1. The molecule has 5 nitrogen and oxygen atoms in total. The van der Waals surface area contributed by atoms with E-state index in [1.807, 2.05) is 12.1 Å². The van der Waals surface area contributed by atoms with Crippen molar-refractivity contribution < 1.29 is 9.21 Å². The van der Waals surface area contributed by atoms with Crippen molar-refractivity contribution in [2.24, 2.45) is 5.73 Å². The summed E-state index contributed by atoms with van der Waals surface area (Å²) in [5.74, 6) is 0.895. The Morgan fingerprint density at radius 2 is 2.21 bits per heavy atom. The van der Waals surface area contributed by atoms with Crippen molar-refractivity contribution in [1.29, 1.82) is 0 Å². The summed E-state index contributed by atoms with van der Waals surface area (Å²) < 4.78 is 6.09. The van der Waals surface area contributed by atoms with Gasteiger partial charge in [-0.3, -0.25) is 9.69 Å². The quantitative estimate of drug-likeness (QED) is 0.907. The zero-order chi connectivity index (χ0) is 13.8. The third-order valence-electron chi connectivity index (χ3n) is 3.44. The highest BCUT2D eigenvalue weighted by Gasteiger charge is 2.20. The van der Waals surface area contributed by atoms with E-state index in [4.69, 9.17) is 10.2 Å². The topological polar surface area (TPSA) is 62.7 Å². The average molecular weight is 330 g/mol. The van der Waals surface area contributed by atoms with Crippen molar-refractivity contribution in [3.63, 3.8) is 0 Å². The van der Waals surface area contributed by atoms with Crippen molar-refractivity contribution >= 4 is 21.8 Å². The monoisotopic (exact) mass is 329 g/mol. The van der Waals surface area contributed by atoms with Gasteiger partial charge >= 0.3 is 0 Å². The molecule has 0 aromatic carbocycles. The van der Waals surface area contributed by atoms with E-state index in [9.17, 15) is 4.79 Å². The van der Waals surface area contributed by atoms with E-state index >= 15 is 0 Å². The molecule has 0 radical (unpaired) electrons. The van der Waals surface area contributed by atoms with E-state index in [1.165, 1.54) is 0 Å². The van der Waals surface area contributed by atoms with Crippen molar-refractivity contribution in [1.82, 2.24) is 9.80 Å². The summed E-state index contributed by atoms with van der Waals surface area (Å²) >= 11 is 3.25. The number of likely N-dealkylation sites (tertiary alicyclic amines) is 1. The van der Waals surface area contributed by atoms with Crippen molar-refractivity contribution in [3.8, 4) is 0 Å². The molecule has 1 aliphatic rings. The molecule has 2 heterocycles. The lowest BCUT2D eigenvalue weighted by molar-refractivity contribution is -0.132. The van der Waals surface area contributed by atoms with Crippen LogP contribution in [0.2, 0.25) is 0 Å². The van der Waals surface area contributed by atoms with Crippen molar-refractivity contribution in [3.05, 3.63) is 22.6 Å². The minimum atomic E-state index is 0.114. The number of hydrogen-bond acceptors (Lipinski definition) is 4. The number of halogens is 1. The average Bonchev–Trinajstić information content (AvgIpc) is 2.77. The van der Waals surface area contributed by atoms with Gasteiger partial charge in [0.15, 0.2) is 4.67 Å². The molecule has 0 aliphatic carbocycles. The van der Waals surface area contributed by atoms with Crippen molar-refractivity contribution in [2.75, 3.05) is 26.7 Å². The highest BCUT2D eigenvalue weighted by Crippen LogP contribution is 2.15. The van der Waals surface area contributed by atoms with Gasteiger partial charge in [-0.15, -0.1) is 0 Å². The minimum absolute atomic E-state index is 0.114. The van der Waals surface area contributed by atoms with E-state index in [2.05, 4.69) is 20.8 Å². The Morgan fingerprint density at radius 3 is 2.79 bits per heavy atom. The predicted molar refractivity (Wildman–Crippen MR) is 76.5 cm³/mol. The van der Waals surface area contributed by atoms with Crippen LogP contribution in [-0.4, -0.2) is 48.4 Å². The number of piperidine rings is 1. The molecule has 0 unspecified atom stereocenters. The van der Waals surface area contributed by atoms with Gasteiger partial charge in [0, 0.05) is 26.2 Å². The Hall–Kier alpha value is -0.850. The van der Waals surface area contributed by atoms with Crippen LogP contribution in [0.25, 0.3) is 0 Å². The smallest absolute Gasteiger partial charge is 0.236 e. The Balaban J connectivity index is 1.79. The van der Waals surface area contributed by atoms with E-state index in [0.29, 0.717) is 23.8 Å². The molecule has 2 rings (SSSR count). The van der Waals surface area contributed by atoms with Crippen LogP contribution in [0.5, 0.6) is 0 Å². The van der Waals surface area contributed by atoms with E-state index in [-0.39, 0.29) is 5.91 Å². The predicted octanol–water partition coefficient (Wildman–Crippen LogP) is 1.42. The third-order valence-corrected chi connectivity index (χ3v) is 3.86. The molecule has 106 valence electrons. The van der Waals surface area contributed by atoms with Gasteiger partial charge in [-0.1, -0.05) is 0 Å². The van der Waals surface area contributed by atoms with Gasteiger partial charge < -0.3 is 15.1 Å². The Bertz CT molecular complexity index is 427. The number of nitrogens with zero attached hydrogens (tertiary/aromatic N) is 2. The first kappa shape index (κ1) is 14.6. The van der Waals surface area contributed by atoms with Gasteiger partial charge in [0.25, 0.3) is 0 Å². The van der Waals surface area contributed by atoms with Gasteiger partial charge in [0.1, 0.15) is 5.76 Å². The van der Waals surface area contributed by atoms with Crippen LogP contribution >= 0.6 is 15.9 Å². The summed E-state index contributed by atoms with van der Waals surface area (Å²) in [6, 6.07) is 4.00. The highest BCUT2D eigenvalue weighted by molar-refractivity contribution is 9.10. The number of rotatable bonds is 4. The first-order valence-corrected chi connectivity index (χ1v) is 7.30. The Kier molecular flexibility index (Phi) is 5.01. The molecular weight excluding hydrogens is 310 g/mol. The lowest BCUT2D eigenvalue weighted by Crippen LogP contribution is -2.44. The number of carbonyl (C=O) groups is 1. The maximum absolute atomic E-state index is 12.1. The standard InChI is InChI=1S/C13H20BrN3O2/c1-16(8-11-2-3-12(14)19-11)13(18)9-17-6-4-10(15)5-7-17/h2-3,10H,4-9,15H2,1H3. The van der Waals surface area contributed by atoms with Crippen LogP contribution in [0.15, 0.2) is 21.2 Å². The number of furan rings is 1. The van der Waals surface area contributed by atoms with Crippen LogP contribution < -0.4 is 5.73 Å². The molecule has 0 spiro atoms. The first-order chi connectivity index (χ1) is 9.04. The van der Waals surface area contributed by atoms with Gasteiger partial charge in [-0.2, -0.15) is 0 Å². The molecule has 1 amide bonds. The van der Waals surface area contributed by atoms with Crippen LogP contribution in [0.4, 0.5) is 0 Å². The summed E-state index contributed by atoms with van der Waals surface area (Å²) in [7, 11) is 1.80. The molecule has 0 atom stereocenters. The summed E-state index contributed by atoms with van der Waals surface area (Å²) in [4.78, 5) is 16.0. The maximum atomic E-state index is 12.1. The lowest BCUT2D eigenvalue weighted by Gasteiger charge is -2.30. The molecular formula is C13H20BrN3O2. The zero-order valence-electron chi connectivity index (χ0n) is 11.1. The number of nitrogens with two attached hydrogens (primary N) is 1. The number of amides is 1. The first-order valence-electron chi connectivity index (χ1n) is 6.50. The molecule has 0 saturated carbocycles.